The lowest BCUT2D eigenvalue weighted by atomic mass is 10.4. The van der Waals surface area contributed by atoms with Gasteiger partial charge in [0.05, 0.1) is 6.07 Å². The molecule has 3 N–H and O–H groups in total. The van der Waals surface area contributed by atoms with Gasteiger partial charge in [0, 0.05) is 0 Å². The molecule has 0 amide bonds. The first-order chi connectivity index (χ1) is 3.18. The molecule has 0 saturated heterocycles. The molecule has 0 bridgehead atoms. The summed E-state index contributed by atoms with van der Waals surface area (Å²) in [5.74, 6) is -0.302. The number of hydrogen-bond acceptors (Lipinski definition) is 2. The molecule has 0 saturated carbocycles. The van der Waals surface area contributed by atoms with Gasteiger partial charge in [0.1, 0.15) is 5.84 Å². The Morgan fingerprint density at radius 2 is 2.43 bits per heavy atom. The molecule has 0 aliphatic heterocycles. The van der Waals surface area contributed by atoms with Crippen LogP contribution in [0.25, 0.3) is 0 Å². The van der Waals surface area contributed by atoms with Crippen molar-refractivity contribution in [1.82, 2.24) is 0 Å². The normalized spacial score (nSPS) is 12.0. The Morgan fingerprint density at radius 3 is 2.43 bits per heavy atom. The van der Waals surface area contributed by atoms with Gasteiger partial charge in [-0.3, -0.25) is 5.41 Å². The van der Waals surface area contributed by atoms with Gasteiger partial charge in [0.2, 0.25) is 0 Å². The van der Waals surface area contributed by atoms with Crippen molar-refractivity contribution in [2.75, 3.05) is 0 Å². The van der Waals surface area contributed by atoms with Gasteiger partial charge in [-0.25, -0.2) is 0 Å². The maximum absolute atomic E-state index is 7.90. The zero-order valence-electron chi connectivity index (χ0n) is 3.48. The number of alkyl halides is 1. The Morgan fingerprint density at radius 1 is 2.00 bits per heavy atom. The highest BCUT2D eigenvalue weighted by Crippen LogP contribution is 1.88. The molecule has 1 atom stereocenters. The van der Waals surface area contributed by atoms with Crippen molar-refractivity contribution >= 4 is 17.4 Å². The first-order valence-corrected chi connectivity index (χ1v) is 1.99. The van der Waals surface area contributed by atoms with Crippen molar-refractivity contribution in [3.05, 3.63) is 0 Å². The molecule has 3 nitrogen and oxygen atoms in total. The molecular formula is C3H4ClN3. The van der Waals surface area contributed by atoms with E-state index < -0.39 is 5.38 Å². The molecule has 0 radical (unpaired) electrons. The van der Waals surface area contributed by atoms with E-state index in [2.05, 4.69) is 0 Å². The molecular weight excluding hydrogens is 114 g/mol. The maximum Gasteiger partial charge on any atom is 0.176 e. The molecule has 4 heteroatoms. The third kappa shape index (κ3) is 2.01. The molecule has 0 spiro atoms. The Kier molecular flexibility index (Phi) is 2.17. The van der Waals surface area contributed by atoms with Crippen molar-refractivity contribution in [1.29, 1.82) is 10.7 Å². The minimum absolute atomic E-state index is 0.302. The van der Waals surface area contributed by atoms with E-state index in [4.69, 9.17) is 28.0 Å². The van der Waals surface area contributed by atoms with Crippen LogP contribution in [-0.4, -0.2) is 11.2 Å². The van der Waals surface area contributed by atoms with E-state index in [0.717, 1.165) is 0 Å². The average molecular weight is 118 g/mol. The molecule has 38 valence electrons. The molecule has 7 heavy (non-hydrogen) atoms. The fraction of sp³-hybridized carbons (Fsp3) is 0.333. The Hall–Kier alpha value is -0.750. The maximum atomic E-state index is 7.90. The smallest absolute Gasteiger partial charge is 0.176 e. The molecule has 1 unspecified atom stereocenters. The predicted molar refractivity (Wildman–Crippen MR) is 27.2 cm³/mol. The van der Waals surface area contributed by atoms with Crippen LogP contribution in [0.5, 0.6) is 0 Å². The van der Waals surface area contributed by atoms with Crippen LogP contribution < -0.4 is 5.73 Å². The second-order valence-corrected chi connectivity index (χ2v) is 1.38. The van der Waals surface area contributed by atoms with Crippen LogP contribution in [0.4, 0.5) is 0 Å². The van der Waals surface area contributed by atoms with Crippen molar-refractivity contribution in [2.24, 2.45) is 5.73 Å². The minimum atomic E-state index is -0.958. The van der Waals surface area contributed by atoms with Crippen LogP contribution in [0.3, 0.4) is 0 Å². The van der Waals surface area contributed by atoms with Crippen LogP contribution in [0.15, 0.2) is 0 Å². The van der Waals surface area contributed by atoms with Crippen LogP contribution >= 0.6 is 11.6 Å². The molecule has 0 heterocycles. The molecule has 0 aliphatic rings. The van der Waals surface area contributed by atoms with Crippen LogP contribution in [-0.2, 0) is 0 Å². The predicted octanol–water partition coefficient (Wildman–Crippen LogP) is 0.0534. The number of halogens is 1. The molecule has 0 aromatic carbocycles. The summed E-state index contributed by atoms with van der Waals surface area (Å²) in [5, 5.41) is 13.5. The Balaban J connectivity index is 3.63. The number of nitrogens with two attached hydrogens (primary N) is 1. The van der Waals surface area contributed by atoms with Crippen molar-refractivity contribution in [2.45, 2.75) is 5.38 Å². The quantitative estimate of drug-likeness (QED) is 0.289. The highest BCUT2D eigenvalue weighted by Gasteiger charge is 2.01. The monoisotopic (exact) mass is 117 g/mol. The van der Waals surface area contributed by atoms with E-state index in [-0.39, 0.29) is 5.84 Å². The zero-order valence-corrected chi connectivity index (χ0v) is 4.24. The van der Waals surface area contributed by atoms with E-state index in [1.807, 2.05) is 0 Å². The summed E-state index contributed by atoms with van der Waals surface area (Å²) in [5.41, 5.74) is 4.78. The molecule has 0 fully saturated rings. The van der Waals surface area contributed by atoms with Gasteiger partial charge < -0.3 is 5.73 Å². The lowest BCUT2D eigenvalue weighted by Gasteiger charge is -1.89. The summed E-state index contributed by atoms with van der Waals surface area (Å²) in [6.45, 7) is 0. The zero-order chi connectivity index (χ0) is 5.86. The van der Waals surface area contributed by atoms with E-state index >= 15 is 0 Å². The van der Waals surface area contributed by atoms with E-state index in [1.165, 1.54) is 0 Å². The number of hydrogen-bond donors (Lipinski definition) is 2. The lowest BCUT2D eigenvalue weighted by molar-refractivity contribution is 1.31. The van der Waals surface area contributed by atoms with Gasteiger partial charge in [-0.05, 0) is 0 Å². The number of rotatable bonds is 1. The molecule has 0 aliphatic carbocycles. The Bertz CT molecular complexity index is 114. The van der Waals surface area contributed by atoms with Gasteiger partial charge >= 0.3 is 0 Å². The summed E-state index contributed by atoms with van der Waals surface area (Å²) in [6.07, 6.45) is 0. The van der Waals surface area contributed by atoms with Crippen molar-refractivity contribution in [3.63, 3.8) is 0 Å². The Labute approximate surface area is 46.2 Å². The highest BCUT2D eigenvalue weighted by molar-refractivity contribution is 6.32. The summed E-state index contributed by atoms with van der Waals surface area (Å²) in [7, 11) is 0. The van der Waals surface area contributed by atoms with Gasteiger partial charge in [-0.2, -0.15) is 5.26 Å². The molecule has 0 aromatic rings. The van der Waals surface area contributed by atoms with Gasteiger partial charge in [0.15, 0.2) is 5.38 Å². The minimum Gasteiger partial charge on any atom is -0.386 e. The van der Waals surface area contributed by atoms with Gasteiger partial charge in [-0.1, -0.05) is 11.6 Å². The van der Waals surface area contributed by atoms with Crippen molar-refractivity contribution < 1.29 is 0 Å². The van der Waals surface area contributed by atoms with E-state index in [9.17, 15) is 0 Å². The van der Waals surface area contributed by atoms with Crippen LogP contribution in [0, 0.1) is 16.7 Å². The summed E-state index contributed by atoms with van der Waals surface area (Å²) < 4.78 is 0. The number of nitriles is 1. The second-order valence-electron chi connectivity index (χ2n) is 0.947. The van der Waals surface area contributed by atoms with Crippen LogP contribution in [0.2, 0.25) is 0 Å². The second kappa shape index (κ2) is 2.43. The number of nitrogens with zero attached hydrogens (tertiary/aromatic N) is 1. The molecule has 0 rings (SSSR count). The van der Waals surface area contributed by atoms with Gasteiger partial charge in [-0.15, -0.1) is 0 Å². The van der Waals surface area contributed by atoms with Gasteiger partial charge in [0.25, 0.3) is 0 Å². The summed E-state index contributed by atoms with van der Waals surface area (Å²) in [4.78, 5) is 0. The number of amidine groups is 1. The third-order valence-electron chi connectivity index (χ3n) is 0.386. The fourth-order valence-corrected chi connectivity index (χ4v) is 0.0695. The first-order valence-electron chi connectivity index (χ1n) is 1.56. The average Bonchev–Trinajstić information content (AvgIpc) is 1.65. The van der Waals surface area contributed by atoms with Crippen LogP contribution in [0.1, 0.15) is 0 Å². The standard InChI is InChI=1S/C3H4ClN3/c4-2(1-5)3(6)7/h2H,(H3,6,7). The highest BCUT2D eigenvalue weighted by atomic mass is 35.5. The first kappa shape index (κ1) is 6.25. The molecule has 0 aromatic heterocycles. The SMILES string of the molecule is N#CC(Cl)C(=N)N. The summed E-state index contributed by atoms with van der Waals surface area (Å²) in [6, 6.07) is 1.58. The van der Waals surface area contributed by atoms with E-state index in [0.29, 0.717) is 0 Å². The fourth-order valence-electron chi connectivity index (χ4n) is 0.0695. The third-order valence-corrected chi connectivity index (χ3v) is 0.719. The topological polar surface area (TPSA) is 73.7 Å². The van der Waals surface area contributed by atoms with E-state index in [1.54, 1.807) is 6.07 Å². The lowest BCUT2D eigenvalue weighted by Crippen LogP contribution is -2.20. The summed E-state index contributed by atoms with van der Waals surface area (Å²) >= 11 is 5.09. The number of nitrogens with one attached hydrogen (secondary N) is 1. The van der Waals surface area contributed by atoms with Crippen molar-refractivity contribution in [3.8, 4) is 6.07 Å². The largest absolute Gasteiger partial charge is 0.386 e.